The Bertz CT molecular complexity index is 317. The van der Waals surface area contributed by atoms with Crippen molar-refractivity contribution < 1.29 is 9.90 Å². The second-order valence-electron chi connectivity index (χ2n) is 2.84. The summed E-state index contributed by atoms with van der Waals surface area (Å²) in [7, 11) is 0. The highest BCUT2D eigenvalue weighted by Crippen LogP contribution is 2.13. The van der Waals surface area contributed by atoms with Gasteiger partial charge in [-0.15, -0.1) is 6.58 Å². The van der Waals surface area contributed by atoms with Crippen molar-refractivity contribution in [3.63, 3.8) is 0 Å². The molecule has 0 bridgehead atoms. The van der Waals surface area contributed by atoms with E-state index in [2.05, 4.69) is 11.7 Å². The Labute approximate surface area is 76.5 Å². The molecule has 4 heteroatoms. The molecule has 4 nitrogen and oxygen atoms in total. The highest BCUT2D eigenvalue weighted by atomic mass is 16.4. The molecule has 1 aromatic heterocycles. The predicted molar refractivity (Wildman–Crippen MR) is 48.5 cm³/mol. The molecule has 13 heavy (non-hydrogen) atoms. The van der Waals surface area contributed by atoms with Crippen LogP contribution in [0.25, 0.3) is 0 Å². The van der Waals surface area contributed by atoms with Gasteiger partial charge in [-0.2, -0.15) is 5.10 Å². The standard InChI is InChI=1S/C9H12N2O2/c1-3-4-11-6-8(5-10-11)7(2)9(12)13/h3,5-7H,1,4H2,2H3,(H,12,13). The summed E-state index contributed by atoms with van der Waals surface area (Å²) >= 11 is 0. The fourth-order valence-electron chi connectivity index (χ4n) is 0.978. The van der Waals surface area contributed by atoms with E-state index in [0.717, 1.165) is 0 Å². The molecule has 70 valence electrons. The fourth-order valence-corrected chi connectivity index (χ4v) is 0.978. The first-order chi connectivity index (χ1) is 6.15. The van der Waals surface area contributed by atoms with Gasteiger partial charge < -0.3 is 5.11 Å². The van der Waals surface area contributed by atoms with Crippen molar-refractivity contribution >= 4 is 5.97 Å². The van der Waals surface area contributed by atoms with Crippen LogP contribution in [0.3, 0.4) is 0 Å². The molecule has 0 radical (unpaired) electrons. The molecule has 0 spiro atoms. The average Bonchev–Trinajstić information content (AvgIpc) is 2.52. The van der Waals surface area contributed by atoms with Gasteiger partial charge in [-0.1, -0.05) is 6.08 Å². The maximum atomic E-state index is 10.6. The molecule has 0 saturated carbocycles. The summed E-state index contributed by atoms with van der Waals surface area (Å²) in [5.74, 6) is -1.34. The van der Waals surface area contributed by atoms with Crippen LogP contribution in [-0.2, 0) is 11.3 Å². The van der Waals surface area contributed by atoms with Gasteiger partial charge in [-0.25, -0.2) is 0 Å². The van der Waals surface area contributed by atoms with Crippen LogP contribution in [0.15, 0.2) is 25.0 Å². The average molecular weight is 180 g/mol. The Morgan fingerprint density at radius 3 is 3.15 bits per heavy atom. The van der Waals surface area contributed by atoms with Gasteiger partial charge in [0.05, 0.1) is 18.7 Å². The van der Waals surface area contributed by atoms with Crippen LogP contribution in [0, 0.1) is 0 Å². The minimum absolute atomic E-state index is 0.501. The number of nitrogens with zero attached hydrogens (tertiary/aromatic N) is 2. The minimum Gasteiger partial charge on any atom is -0.481 e. The quantitative estimate of drug-likeness (QED) is 0.709. The molecular weight excluding hydrogens is 168 g/mol. The Kier molecular flexibility index (Phi) is 2.84. The van der Waals surface area contributed by atoms with E-state index in [9.17, 15) is 4.79 Å². The van der Waals surface area contributed by atoms with E-state index in [1.807, 2.05) is 0 Å². The molecule has 1 rings (SSSR count). The molecule has 0 fully saturated rings. The first kappa shape index (κ1) is 9.51. The Hall–Kier alpha value is -1.58. The third-order valence-corrected chi connectivity index (χ3v) is 1.84. The summed E-state index contributed by atoms with van der Waals surface area (Å²) in [5, 5.41) is 12.7. The minimum atomic E-state index is -0.835. The van der Waals surface area contributed by atoms with Crippen molar-refractivity contribution in [2.24, 2.45) is 0 Å². The number of rotatable bonds is 4. The lowest BCUT2D eigenvalue weighted by molar-refractivity contribution is -0.138. The molecule has 0 aliphatic rings. The van der Waals surface area contributed by atoms with Crippen LogP contribution in [0.5, 0.6) is 0 Å². The van der Waals surface area contributed by atoms with E-state index in [1.165, 1.54) is 0 Å². The van der Waals surface area contributed by atoms with E-state index in [4.69, 9.17) is 5.11 Å². The highest BCUT2D eigenvalue weighted by Gasteiger charge is 2.14. The van der Waals surface area contributed by atoms with Crippen LogP contribution >= 0.6 is 0 Å². The van der Waals surface area contributed by atoms with Crippen LogP contribution in [0.4, 0.5) is 0 Å². The Morgan fingerprint density at radius 1 is 1.92 bits per heavy atom. The van der Waals surface area contributed by atoms with Gasteiger partial charge in [0.15, 0.2) is 0 Å². The van der Waals surface area contributed by atoms with Gasteiger partial charge in [-0.05, 0) is 6.92 Å². The zero-order valence-corrected chi connectivity index (χ0v) is 7.47. The lowest BCUT2D eigenvalue weighted by Crippen LogP contribution is -2.06. The van der Waals surface area contributed by atoms with Crippen molar-refractivity contribution in [3.05, 3.63) is 30.6 Å². The van der Waals surface area contributed by atoms with Crippen molar-refractivity contribution in [2.45, 2.75) is 19.4 Å². The summed E-state index contributed by atoms with van der Waals surface area (Å²) in [4.78, 5) is 10.6. The normalized spacial score (nSPS) is 12.4. The smallest absolute Gasteiger partial charge is 0.310 e. The number of allylic oxidation sites excluding steroid dienone is 1. The molecule has 0 saturated heterocycles. The molecule has 1 aromatic rings. The van der Waals surface area contributed by atoms with Crippen molar-refractivity contribution in [2.75, 3.05) is 0 Å². The van der Waals surface area contributed by atoms with E-state index < -0.39 is 11.9 Å². The zero-order chi connectivity index (χ0) is 9.84. The largest absolute Gasteiger partial charge is 0.481 e. The molecule has 0 amide bonds. The molecule has 0 aliphatic carbocycles. The summed E-state index contributed by atoms with van der Waals surface area (Å²) in [6.45, 7) is 5.81. The first-order valence-corrected chi connectivity index (χ1v) is 4.01. The van der Waals surface area contributed by atoms with Crippen LogP contribution in [0.1, 0.15) is 18.4 Å². The topological polar surface area (TPSA) is 55.1 Å². The van der Waals surface area contributed by atoms with E-state index in [1.54, 1.807) is 30.1 Å². The Morgan fingerprint density at radius 2 is 2.62 bits per heavy atom. The van der Waals surface area contributed by atoms with E-state index in [-0.39, 0.29) is 0 Å². The lowest BCUT2D eigenvalue weighted by atomic mass is 10.1. The monoisotopic (exact) mass is 180 g/mol. The van der Waals surface area contributed by atoms with Gasteiger partial charge in [0.25, 0.3) is 0 Å². The molecule has 1 N–H and O–H groups in total. The van der Waals surface area contributed by atoms with Crippen LogP contribution < -0.4 is 0 Å². The second kappa shape index (κ2) is 3.89. The number of carboxylic acid groups (broad SMARTS) is 1. The number of aliphatic carboxylic acids is 1. The maximum Gasteiger partial charge on any atom is 0.310 e. The van der Waals surface area contributed by atoms with Crippen molar-refractivity contribution in [3.8, 4) is 0 Å². The molecule has 1 unspecified atom stereocenters. The lowest BCUT2D eigenvalue weighted by Gasteiger charge is -2.00. The van der Waals surface area contributed by atoms with Gasteiger partial charge in [0, 0.05) is 11.8 Å². The summed E-state index contributed by atoms with van der Waals surface area (Å²) < 4.78 is 1.65. The highest BCUT2D eigenvalue weighted by molar-refractivity contribution is 5.75. The summed E-state index contributed by atoms with van der Waals surface area (Å²) in [6, 6.07) is 0. The Balaban J connectivity index is 2.78. The maximum absolute atomic E-state index is 10.6. The zero-order valence-electron chi connectivity index (χ0n) is 7.47. The predicted octanol–water partition coefficient (Wildman–Crippen LogP) is 1.26. The molecular formula is C9H12N2O2. The van der Waals surface area contributed by atoms with E-state index >= 15 is 0 Å². The van der Waals surface area contributed by atoms with Gasteiger partial charge in [-0.3, -0.25) is 9.48 Å². The third-order valence-electron chi connectivity index (χ3n) is 1.84. The van der Waals surface area contributed by atoms with Crippen LogP contribution in [-0.4, -0.2) is 20.9 Å². The van der Waals surface area contributed by atoms with Crippen LogP contribution in [0.2, 0.25) is 0 Å². The van der Waals surface area contributed by atoms with Crippen molar-refractivity contribution in [1.82, 2.24) is 9.78 Å². The number of hydrogen-bond donors (Lipinski definition) is 1. The molecule has 0 aromatic carbocycles. The first-order valence-electron chi connectivity index (χ1n) is 4.01. The molecule has 1 atom stereocenters. The number of hydrogen-bond acceptors (Lipinski definition) is 2. The molecule has 0 aliphatic heterocycles. The number of carbonyl (C=O) groups is 1. The SMILES string of the molecule is C=CCn1cc(C(C)C(=O)O)cn1. The molecule has 1 heterocycles. The fraction of sp³-hybridized carbons (Fsp3) is 0.333. The van der Waals surface area contributed by atoms with Gasteiger partial charge in [0.2, 0.25) is 0 Å². The third kappa shape index (κ3) is 2.18. The van der Waals surface area contributed by atoms with Gasteiger partial charge in [0.1, 0.15) is 0 Å². The van der Waals surface area contributed by atoms with Crippen molar-refractivity contribution in [1.29, 1.82) is 0 Å². The second-order valence-corrected chi connectivity index (χ2v) is 2.84. The van der Waals surface area contributed by atoms with Gasteiger partial charge >= 0.3 is 5.97 Å². The van der Waals surface area contributed by atoms with E-state index in [0.29, 0.717) is 12.1 Å². The number of carboxylic acids is 1. The summed E-state index contributed by atoms with van der Waals surface area (Å²) in [6.07, 6.45) is 5.00. The summed E-state index contributed by atoms with van der Waals surface area (Å²) in [5.41, 5.74) is 0.717. The number of aromatic nitrogens is 2.